The molecule has 1 aliphatic heterocycles. The van der Waals surface area contributed by atoms with E-state index in [4.69, 9.17) is 4.74 Å². The quantitative estimate of drug-likeness (QED) is 0.920. The Balaban J connectivity index is 1.90. The molecule has 4 nitrogen and oxygen atoms in total. The minimum Gasteiger partial charge on any atom is -0.450 e. The molecule has 2 rings (SSSR count). The maximum atomic E-state index is 11.7. The highest BCUT2D eigenvalue weighted by Crippen LogP contribution is 2.23. The van der Waals surface area contributed by atoms with Crippen molar-refractivity contribution in [1.29, 1.82) is 0 Å². The van der Waals surface area contributed by atoms with Gasteiger partial charge < -0.3 is 15.0 Å². The Hall–Kier alpha value is -1.71. The lowest BCUT2D eigenvalue weighted by Gasteiger charge is -2.32. The van der Waals surface area contributed by atoms with Crippen LogP contribution in [-0.4, -0.2) is 36.7 Å². The van der Waals surface area contributed by atoms with Gasteiger partial charge in [0.05, 0.1) is 6.61 Å². The van der Waals surface area contributed by atoms with Crippen LogP contribution in [0.2, 0.25) is 0 Å². The minimum atomic E-state index is -0.182. The lowest BCUT2D eigenvalue weighted by Crippen LogP contribution is -2.42. The second-order valence-corrected chi connectivity index (χ2v) is 5.37. The third-order valence-corrected chi connectivity index (χ3v) is 3.85. The molecule has 1 saturated heterocycles. The smallest absolute Gasteiger partial charge is 0.409 e. The zero-order chi connectivity index (χ0) is 14.5. The molecule has 0 aromatic heterocycles. The molecule has 110 valence electrons. The van der Waals surface area contributed by atoms with Crippen LogP contribution >= 0.6 is 0 Å². The topological polar surface area (TPSA) is 41.6 Å². The van der Waals surface area contributed by atoms with Crippen molar-refractivity contribution >= 4 is 11.8 Å². The highest BCUT2D eigenvalue weighted by atomic mass is 16.6. The molecule has 1 aromatic carbocycles. The van der Waals surface area contributed by atoms with Crippen LogP contribution in [0.25, 0.3) is 0 Å². The van der Waals surface area contributed by atoms with E-state index in [0.29, 0.717) is 12.6 Å². The number of nitrogens with one attached hydrogen (secondary N) is 1. The van der Waals surface area contributed by atoms with Gasteiger partial charge in [-0.15, -0.1) is 0 Å². The van der Waals surface area contributed by atoms with Gasteiger partial charge in [0.2, 0.25) is 0 Å². The Morgan fingerprint density at radius 2 is 1.90 bits per heavy atom. The third-order valence-electron chi connectivity index (χ3n) is 3.85. The van der Waals surface area contributed by atoms with Crippen LogP contribution in [0, 0.1) is 13.8 Å². The molecule has 0 saturated carbocycles. The number of anilines is 1. The van der Waals surface area contributed by atoms with Gasteiger partial charge in [-0.1, -0.05) is 18.2 Å². The van der Waals surface area contributed by atoms with Gasteiger partial charge >= 0.3 is 6.09 Å². The summed E-state index contributed by atoms with van der Waals surface area (Å²) in [5, 5.41) is 3.63. The second kappa shape index (κ2) is 6.64. The molecular formula is C16H24N2O2. The van der Waals surface area contributed by atoms with Crippen molar-refractivity contribution in [1.82, 2.24) is 4.90 Å². The van der Waals surface area contributed by atoms with Gasteiger partial charge in [-0.3, -0.25) is 0 Å². The third kappa shape index (κ3) is 3.44. The summed E-state index contributed by atoms with van der Waals surface area (Å²) in [6.45, 7) is 8.07. The monoisotopic (exact) mass is 276 g/mol. The van der Waals surface area contributed by atoms with E-state index in [2.05, 4.69) is 37.4 Å². The normalized spacial score (nSPS) is 16.1. The first kappa shape index (κ1) is 14.7. The van der Waals surface area contributed by atoms with Gasteiger partial charge in [0.25, 0.3) is 0 Å². The summed E-state index contributed by atoms with van der Waals surface area (Å²) in [5.41, 5.74) is 3.79. The number of likely N-dealkylation sites (tertiary alicyclic amines) is 1. The molecule has 1 N–H and O–H groups in total. The van der Waals surface area contributed by atoms with Crippen LogP contribution in [0.15, 0.2) is 18.2 Å². The zero-order valence-electron chi connectivity index (χ0n) is 12.6. The van der Waals surface area contributed by atoms with Crippen LogP contribution < -0.4 is 5.32 Å². The van der Waals surface area contributed by atoms with Crippen LogP contribution in [0.1, 0.15) is 30.9 Å². The average Bonchev–Trinajstić information content (AvgIpc) is 2.44. The van der Waals surface area contributed by atoms with E-state index >= 15 is 0 Å². The molecule has 4 heteroatoms. The number of nitrogens with zero attached hydrogens (tertiary/aromatic N) is 1. The summed E-state index contributed by atoms with van der Waals surface area (Å²) in [6, 6.07) is 6.77. The Morgan fingerprint density at radius 1 is 1.30 bits per heavy atom. The summed E-state index contributed by atoms with van der Waals surface area (Å²) in [5.74, 6) is 0. The van der Waals surface area contributed by atoms with Gasteiger partial charge in [-0.25, -0.2) is 4.79 Å². The molecule has 0 aliphatic carbocycles. The van der Waals surface area contributed by atoms with Crippen molar-refractivity contribution in [3.05, 3.63) is 29.3 Å². The number of rotatable bonds is 3. The number of aryl methyl sites for hydroxylation is 2. The summed E-state index contributed by atoms with van der Waals surface area (Å²) in [4.78, 5) is 13.5. The molecule has 0 bridgehead atoms. The first-order valence-electron chi connectivity index (χ1n) is 7.36. The van der Waals surface area contributed by atoms with Crippen molar-refractivity contribution in [2.24, 2.45) is 0 Å². The van der Waals surface area contributed by atoms with Crippen LogP contribution in [-0.2, 0) is 4.74 Å². The first-order chi connectivity index (χ1) is 9.61. The Morgan fingerprint density at radius 3 is 2.45 bits per heavy atom. The van der Waals surface area contributed by atoms with Crippen LogP contribution in [0.3, 0.4) is 0 Å². The standard InChI is InChI=1S/C16H24N2O2/c1-4-20-16(19)18-10-8-14(9-11-18)17-15-12(2)6-5-7-13(15)3/h5-7,14,17H,4,8-11H2,1-3H3. The largest absolute Gasteiger partial charge is 0.450 e. The minimum absolute atomic E-state index is 0.182. The lowest BCUT2D eigenvalue weighted by molar-refractivity contribution is 0.0983. The van der Waals surface area contributed by atoms with Gasteiger partial charge in [0, 0.05) is 24.8 Å². The van der Waals surface area contributed by atoms with E-state index in [1.807, 2.05) is 6.92 Å². The van der Waals surface area contributed by atoms with E-state index < -0.39 is 0 Å². The number of hydrogen-bond donors (Lipinski definition) is 1. The highest BCUT2D eigenvalue weighted by Gasteiger charge is 2.23. The van der Waals surface area contributed by atoms with Gasteiger partial charge in [-0.05, 0) is 44.7 Å². The van der Waals surface area contributed by atoms with E-state index in [0.717, 1.165) is 25.9 Å². The number of amides is 1. The Kier molecular flexibility index (Phi) is 4.88. The van der Waals surface area contributed by atoms with Crippen molar-refractivity contribution in [3.8, 4) is 0 Å². The number of carbonyl (C=O) groups is 1. The maximum Gasteiger partial charge on any atom is 0.409 e. The zero-order valence-corrected chi connectivity index (χ0v) is 12.6. The lowest BCUT2D eigenvalue weighted by atomic mass is 10.0. The summed E-state index contributed by atoms with van der Waals surface area (Å²) < 4.78 is 5.04. The summed E-state index contributed by atoms with van der Waals surface area (Å²) in [6.07, 6.45) is 1.75. The first-order valence-corrected chi connectivity index (χ1v) is 7.36. The van der Waals surface area contributed by atoms with Crippen molar-refractivity contribution in [2.45, 2.75) is 39.7 Å². The maximum absolute atomic E-state index is 11.7. The van der Waals surface area contributed by atoms with Crippen molar-refractivity contribution < 1.29 is 9.53 Å². The molecule has 1 aliphatic rings. The fourth-order valence-electron chi connectivity index (χ4n) is 2.67. The Bertz CT molecular complexity index is 445. The molecule has 0 atom stereocenters. The van der Waals surface area contributed by atoms with Crippen LogP contribution in [0.4, 0.5) is 10.5 Å². The van der Waals surface area contributed by atoms with Gasteiger partial charge in [-0.2, -0.15) is 0 Å². The summed E-state index contributed by atoms with van der Waals surface area (Å²) in [7, 11) is 0. The molecule has 1 heterocycles. The number of carbonyl (C=O) groups excluding carboxylic acids is 1. The number of benzene rings is 1. The number of piperidine rings is 1. The van der Waals surface area contributed by atoms with Crippen molar-refractivity contribution in [2.75, 3.05) is 25.0 Å². The van der Waals surface area contributed by atoms with E-state index in [9.17, 15) is 4.79 Å². The number of para-hydroxylation sites is 1. The SMILES string of the molecule is CCOC(=O)N1CCC(Nc2c(C)cccc2C)CC1. The predicted molar refractivity (Wildman–Crippen MR) is 81.2 cm³/mol. The van der Waals surface area contributed by atoms with E-state index in [-0.39, 0.29) is 6.09 Å². The molecule has 1 aromatic rings. The average molecular weight is 276 g/mol. The molecule has 0 spiro atoms. The molecule has 20 heavy (non-hydrogen) atoms. The molecule has 1 fully saturated rings. The highest BCUT2D eigenvalue weighted by molar-refractivity contribution is 5.67. The van der Waals surface area contributed by atoms with Gasteiger partial charge in [0.1, 0.15) is 0 Å². The van der Waals surface area contributed by atoms with Crippen LogP contribution in [0.5, 0.6) is 0 Å². The molecular weight excluding hydrogens is 252 g/mol. The number of ether oxygens (including phenoxy) is 1. The van der Waals surface area contributed by atoms with Crippen molar-refractivity contribution in [3.63, 3.8) is 0 Å². The second-order valence-electron chi connectivity index (χ2n) is 5.37. The predicted octanol–water partition coefficient (Wildman–Crippen LogP) is 3.34. The van der Waals surface area contributed by atoms with Gasteiger partial charge in [0.15, 0.2) is 0 Å². The van der Waals surface area contributed by atoms with E-state index in [1.54, 1.807) is 4.90 Å². The molecule has 0 radical (unpaired) electrons. The number of hydrogen-bond acceptors (Lipinski definition) is 3. The fraction of sp³-hybridized carbons (Fsp3) is 0.562. The summed E-state index contributed by atoms with van der Waals surface area (Å²) >= 11 is 0. The Labute approximate surface area is 121 Å². The van der Waals surface area contributed by atoms with E-state index in [1.165, 1.54) is 16.8 Å². The molecule has 0 unspecified atom stereocenters. The molecule has 1 amide bonds. The fourth-order valence-corrected chi connectivity index (χ4v) is 2.67.